The largest absolute Gasteiger partial charge is 0.508 e. The van der Waals surface area contributed by atoms with Gasteiger partial charge in [0.1, 0.15) is 5.75 Å². The van der Waals surface area contributed by atoms with Gasteiger partial charge in [0.05, 0.1) is 0 Å². The van der Waals surface area contributed by atoms with Gasteiger partial charge in [0, 0.05) is 24.7 Å². The summed E-state index contributed by atoms with van der Waals surface area (Å²) in [5.74, 6) is 0.285. The number of aromatic hydroxyl groups is 1. The highest BCUT2D eigenvalue weighted by molar-refractivity contribution is 5.71. The van der Waals surface area contributed by atoms with Crippen molar-refractivity contribution in [2.45, 2.75) is 19.9 Å². The fourth-order valence-corrected chi connectivity index (χ4v) is 1.60. The second-order valence-electron chi connectivity index (χ2n) is 4.03. The molecule has 5 N–H and O–H groups in total. The third kappa shape index (κ3) is 4.32. The van der Waals surface area contributed by atoms with Crippen LogP contribution in [0.4, 0.5) is 4.79 Å². The standard InChI is InChI=1S/C12H19N3O2/c1-8-3-4-10(11(16)7-8)9(2)14-5-6-15-12(13)17/h3-4,7,9,14,16H,5-6H2,1-2H3,(H3,13,15,17). The van der Waals surface area contributed by atoms with Crippen molar-refractivity contribution in [3.8, 4) is 5.75 Å². The van der Waals surface area contributed by atoms with Crippen LogP contribution < -0.4 is 16.4 Å². The Morgan fingerprint density at radius 1 is 1.47 bits per heavy atom. The van der Waals surface area contributed by atoms with E-state index in [9.17, 15) is 9.90 Å². The molecule has 0 radical (unpaired) electrons. The van der Waals surface area contributed by atoms with Gasteiger partial charge in [-0.1, -0.05) is 12.1 Å². The number of hydrogen-bond donors (Lipinski definition) is 4. The summed E-state index contributed by atoms with van der Waals surface area (Å²) in [7, 11) is 0. The molecule has 5 nitrogen and oxygen atoms in total. The maximum atomic E-state index is 10.4. The Labute approximate surface area is 101 Å². The maximum Gasteiger partial charge on any atom is 0.312 e. The van der Waals surface area contributed by atoms with E-state index in [4.69, 9.17) is 5.73 Å². The first kappa shape index (κ1) is 13.3. The summed E-state index contributed by atoms with van der Waals surface area (Å²) < 4.78 is 0. The van der Waals surface area contributed by atoms with E-state index in [2.05, 4.69) is 10.6 Å². The summed E-state index contributed by atoms with van der Waals surface area (Å²) >= 11 is 0. The molecule has 2 amide bonds. The third-order valence-corrected chi connectivity index (χ3v) is 2.53. The molecule has 1 aromatic rings. The molecule has 0 aliphatic carbocycles. The molecule has 0 aliphatic rings. The SMILES string of the molecule is Cc1ccc(C(C)NCCNC(N)=O)c(O)c1. The van der Waals surface area contributed by atoms with Crippen LogP contribution in [0.1, 0.15) is 24.1 Å². The molecule has 1 aromatic carbocycles. The minimum Gasteiger partial charge on any atom is -0.508 e. The fourth-order valence-electron chi connectivity index (χ4n) is 1.60. The third-order valence-electron chi connectivity index (χ3n) is 2.53. The number of carbonyl (C=O) groups is 1. The normalized spacial score (nSPS) is 12.1. The number of amides is 2. The first-order valence-corrected chi connectivity index (χ1v) is 5.57. The average molecular weight is 237 g/mol. The molecule has 0 fully saturated rings. The zero-order valence-corrected chi connectivity index (χ0v) is 10.2. The second kappa shape index (κ2) is 6.10. The smallest absolute Gasteiger partial charge is 0.312 e. The zero-order valence-electron chi connectivity index (χ0n) is 10.2. The van der Waals surface area contributed by atoms with Gasteiger partial charge in [-0.15, -0.1) is 0 Å². The van der Waals surface area contributed by atoms with E-state index in [1.54, 1.807) is 6.07 Å². The van der Waals surface area contributed by atoms with E-state index in [0.29, 0.717) is 13.1 Å². The predicted octanol–water partition coefficient (Wildman–Crippen LogP) is 1.02. The van der Waals surface area contributed by atoms with Gasteiger partial charge in [0.25, 0.3) is 0 Å². The highest BCUT2D eigenvalue weighted by Crippen LogP contribution is 2.24. The Kier molecular flexibility index (Phi) is 4.78. The lowest BCUT2D eigenvalue weighted by Crippen LogP contribution is -2.36. The van der Waals surface area contributed by atoms with Crippen LogP contribution >= 0.6 is 0 Å². The van der Waals surface area contributed by atoms with Crippen LogP contribution in [0, 0.1) is 6.92 Å². The first-order valence-electron chi connectivity index (χ1n) is 5.57. The van der Waals surface area contributed by atoms with Gasteiger partial charge in [-0.25, -0.2) is 4.79 Å². The van der Waals surface area contributed by atoms with Crippen LogP contribution in [0.5, 0.6) is 5.75 Å². The van der Waals surface area contributed by atoms with Crippen LogP contribution in [0.15, 0.2) is 18.2 Å². The molecular weight excluding hydrogens is 218 g/mol. The molecule has 17 heavy (non-hydrogen) atoms. The van der Waals surface area contributed by atoms with E-state index in [0.717, 1.165) is 11.1 Å². The lowest BCUT2D eigenvalue weighted by molar-refractivity contribution is 0.249. The molecule has 0 aromatic heterocycles. The average Bonchev–Trinajstić information content (AvgIpc) is 2.23. The topological polar surface area (TPSA) is 87.4 Å². The van der Waals surface area contributed by atoms with Crippen LogP contribution in [-0.2, 0) is 0 Å². The van der Waals surface area contributed by atoms with Crippen LogP contribution in [0.25, 0.3) is 0 Å². The van der Waals surface area contributed by atoms with Crippen molar-refractivity contribution in [3.63, 3.8) is 0 Å². The second-order valence-corrected chi connectivity index (χ2v) is 4.03. The predicted molar refractivity (Wildman–Crippen MR) is 66.8 cm³/mol. The van der Waals surface area contributed by atoms with Crippen molar-refractivity contribution in [2.24, 2.45) is 5.73 Å². The number of phenols is 1. The molecule has 1 unspecified atom stereocenters. The zero-order chi connectivity index (χ0) is 12.8. The summed E-state index contributed by atoms with van der Waals surface area (Å²) in [4.78, 5) is 10.4. The minimum atomic E-state index is -0.530. The Morgan fingerprint density at radius 3 is 2.76 bits per heavy atom. The number of benzene rings is 1. The van der Waals surface area contributed by atoms with Gasteiger partial charge in [0.2, 0.25) is 0 Å². The Morgan fingerprint density at radius 2 is 2.18 bits per heavy atom. The highest BCUT2D eigenvalue weighted by atomic mass is 16.3. The van der Waals surface area contributed by atoms with E-state index >= 15 is 0 Å². The molecule has 5 heteroatoms. The quantitative estimate of drug-likeness (QED) is 0.577. The number of rotatable bonds is 5. The van der Waals surface area contributed by atoms with Gasteiger partial charge in [0.15, 0.2) is 0 Å². The highest BCUT2D eigenvalue weighted by Gasteiger charge is 2.09. The molecule has 94 valence electrons. The van der Waals surface area contributed by atoms with E-state index in [-0.39, 0.29) is 11.8 Å². The molecule has 0 spiro atoms. The number of hydrogen-bond acceptors (Lipinski definition) is 3. The Hall–Kier alpha value is -1.75. The van der Waals surface area contributed by atoms with E-state index in [1.807, 2.05) is 26.0 Å². The van der Waals surface area contributed by atoms with Gasteiger partial charge in [-0.05, 0) is 25.5 Å². The van der Waals surface area contributed by atoms with Gasteiger partial charge < -0.3 is 21.5 Å². The van der Waals surface area contributed by atoms with Crippen molar-refractivity contribution in [1.29, 1.82) is 0 Å². The number of nitrogens with one attached hydrogen (secondary N) is 2. The van der Waals surface area contributed by atoms with Crippen molar-refractivity contribution in [3.05, 3.63) is 29.3 Å². The Balaban J connectivity index is 2.46. The molecule has 1 atom stereocenters. The van der Waals surface area contributed by atoms with Crippen molar-refractivity contribution < 1.29 is 9.90 Å². The molecule has 0 bridgehead atoms. The van der Waals surface area contributed by atoms with Crippen molar-refractivity contribution in [1.82, 2.24) is 10.6 Å². The van der Waals surface area contributed by atoms with Crippen LogP contribution in [0.3, 0.4) is 0 Å². The van der Waals surface area contributed by atoms with Gasteiger partial charge in [-0.3, -0.25) is 0 Å². The molecular formula is C12H19N3O2. The van der Waals surface area contributed by atoms with Crippen LogP contribution in [0.2, 0.25) is 0 Å². The number of carbonyl (C=O) groups excluding carboxylic acids is 1. The molecule has 0 saturated carbocycles. The van der Waals surface area contributed by atoms with Crippen molar-refractivity contribution >= 4 is 6.03 Å². The van der Waals surface area contributed by atoms with E-state index < -0.39 is 6.03 Å². The van der Waals surface area contributed by atoms with Gasteiger partial charge in [-0.2, -0.15) is 0 Å². The number of aryl methyl sites for hydroxylation is 1. The first-order chi connectivity index (χ1) is 8.00. The van der Waals surface area contributed by atoms with Crippen LogP contribution in [-0.4, -0.2) is 24.2 Å². The number of primary amides is 1. The summed E-state index contributed by atoms with van der Waals surface area (Å²) in [6.45, 7) is 4.94. The molecule has 0 heterocycles. The Bertz CT molecular complexity index is 393. The molecule has 1 rings (SSSR count). The molecule has 0 aliphatic heterocycles. The maximum absolute atomic E-state index is 10.4. The molecule has 0 saturated heterocycles. The van der Waals surface area contributed by atoms with Gasteiger partial charge >= 0.3 is 6.03 Å². The number of nitrogens with two attached hydrogens (primary N) is 1. The van der Waals surface area contributed by atoms with Crippen molar-refractivity contribution in [2.75, 3.05) is 13.1 Å². The fraction of sp³-hybridized carbons (Fsp3) is 0.417. The summed E-state index contributed by atoms with van der Waals surface area (Å²) in [5, 5.41) is 15.5. The number of urea groups is 1. The lowest BCUT2D eigenvalue weighted by Gasteiger charge is -2.16. The summed E-state index contributed by atoms with van der Waals surface area (Å²) in [5.41, 5.74) is 6.81. The minimum absolute atomic E-state index is 0.0188. The summed E-state index contributed by atoms with van der Waals surface area (Å²) in [6, 6.07) is 5.07. The van der Waals surface area contributed by atoms with E-state index in [1.165, 1.54) is 0 Å². The monoisotopic (exact) mass is 237 g/mol. The number of phenolic OH excluding ortho intramolecular Hbond substituents is 1. The lowest BCUT2D eigenvalue weighted by atomic mass is 10.1. The summed E-state index contributed by atoms with van der Waals surface area (Å²) in [6.07, 6.45) is 0.